The molecule has 0 saturated carbocycles. The van der Waals surface area contributed by atoms with E-state index in [1.54, 1.807) is 0 Å². The van der Waals surface area contributed by atoms with Crippen molar-refractivity contribution in [2.45, 2.75) is 6.18 Å². The molecular weight excluding hydrogens is 215 g/mol. The van der Waals surface area contributed by atoms with Gasteiger partial charge in [-0.15, -0.1) is 0 Å². The summed E-state index contributed by atoms with van der Waals surface area (Å²) < 4.78 is 41.3. The first-order chi connectivity index (χ1) is 6.86. The molecule has 0 N–H and O–H groups in total. The van der Waals surface area contributed by atoms with Crippen LogP contribution in [0, 0.1) is 5.21 Å². The lowest BCUT2D eigenvalue weighted by atomic mass is 10.1. The number of carbonyl (C=O) groups excluding carboxylic acids is 1. The minimum Gasteiger partial charge on any atom is -0.619 e. The predicted molar refractivity (Wildman–Crippen MR) is 41.7 cm³/mol. The summed E-state index contributed by atoms with van der Waals surface area (Å²) in [5.74, 6) is -1.20. The Kier molecular flexibility index (Phi) is 2.83. The largest absolute Gasteiger partial charge is 0.619 e. The lowest BCUT2D eigenvalue weighted by Gasteiger charge is -2.09. The molecule has 1 aromatic rings. The highest BCUT2D eigenvalue weighted by atomic mass is 19.4. The Morgan fingerprint density at radius 2 is 2.13 bits per heavy atom. The standard InChI is InChI=1S/C8H6F3NO3/c1-15-7(13)5-4-12(14)3-2-6(5)8(9,10)11/h2-4H,1H3. The molecule has 0 unspecified atom stereocenters. The summed E-state index contributed by atoms with van der Waals surface area (Å²) in [6.45, 7) is 0. The molecule has 0 spiro atoms. The van der Waals surface area contributed by atoms with Gasteiger partial charge in [0.15, 0.2) is 12.4 Å². The maximum absolute atomic E-state index is 12.4. The van der Waals surface area contributed by atoms with E-state index in [0.717, 1.165) is 7.11 Å². The van der Waals surface area contributed by atoms with Crippen LogP contribution in [0.2, 0.25) is 0 Å². The average Bonchev–Trinajstić information content (AvgIpc) is 2.14. The van der Waals surface area contributed by atoms with Crippen LogP contribution in [0.1, 0.15) is 15.9 Å². The van der Waals surface area contributed by atoms with Crippen LogP contribution in [0.4, 0.5) is 13.2 Å². The number of esters is 1. The molecule has 4 nitrogen and oxygen atoms in total. The second-order valence-electron chi connectivity index (χ2n) is 2.62. The van der Waals surface area contributed by atoms with E-state index in [1.165, 1.54) is 0 Å². The van der Waals surface area contributed by atoms with Gasteiger partial charge in [-0.3, -0.25) is 0 Å². The summed E-state index contributed by atoms with van der Waals surface area (Å²) in [7, 11) is 0.935. The van der Waals surface area contributed by atoms with Gasteiger partial charge in [0.25, 0.3) is 0 Å². The van der Waals surface area contributed by atoms with Crippen LogP contribution in [0.25, 0.3) is 0 Å². The molecule has 0 aliphatic carbocycles. The molecule has 15 heavy (non-hydrogen) atoms. The van der Waals surface area contributed by atoms with Crippen LogP contribution in [-0.2, 0) is 10.9 Å². The fourth-order valence-corrected chi connectivity index (χ4v) is 0.997. The van der Waals surface area contributed by atoms with Gasteiger partial charge in [0.05, 0.1) is 12.7 Å². The van der Waals surface area contributed by atoms with E-state index in [-0.39, 0.29) is 4.73 Å². The molecule has 0 aromatic carbocycles. The molecule has 0 radical (unpaired) electrons. The summed E-state index contributed by atoms with van der Waals surface area (Å²) in [5, 5.41) is 10.7. The minimum absolute atomic E-state index is 0.0987. The molecule has 82 valence electrons. The number of pyridine rings is 1. The Hall–Kier alpha value is -1.79. The molecule has 0 bridgehead atoms. The summed E-state index contributed by atoms with van der Waals surface area (Å²) in [6.07, 6.45) is -3.51. The van der Waals surface area contributed by atoms with Gasteiger partial charge >= 0.3 is 12.1 Å². The highest BCUT2D eigenvalue weighted by Crippen LogP contribution is 2.31. The van der Waals surface area contributed by atoms with Gasteiger partial charge in [-0.05, 0) is 0 Å². The van der Waals surface area contributed by atoms with Crippen molar-refractivity contribution < 1.29 is 27.4 Å². The number of carbonyl (C=O) groups is 1. The molecular formula is C8H6F3NO3. The van der Waals surface area contributed by atoms with Crippen molar-refractivity contribution in [3.8, 4) is 0 Å². The molecule has 0 amide bonds. The molecule has 1 rings (SSSR count). The summed E-state index contributed by atoms with van der Waals surface area (Å²) >= 11 is 0. The fraction of sp³-hybridized carbons (Fsp3) is 0.250. The maximum atomic E-state index is 12.4. The monoisotopic (exact) mass is 221 g/mol. The van der Waals surface area contributed by atoms with Crippen molar-refractivity contribution in [1.82, 2.24) is 0 Å². The molecule has 1 heterocycles. The maximum Gasteiger partial charge on any atom is 0.417 e. The Morgan fingerprint density at radius 3 is 2.60 bits per heavy atom. The van der Waals surface area contributed by atoms with Crippen LogP contribution < -0.4 is 4.73 Å². The number of ether oxygens (including phenoxy) is 1. The number of hydrogen-bond acceptors (Lipinski definition) is 3. The third-order valence-electron chi connectivity index (χ3n) is 1.65. The van der Waals surface area contributed by atoms with Crippen LogP contribution in [-0.4, -0.2) is 13.1 Å². The van der Waals surface area contributed by atoms with Crippen molar-refractivity contribution in [3.63, 3.8) is 0 Å². The Bertz CT molecular complexity index is 389. The molecule has 0 aliphatic rings. The zero-order valence-electron chi connectivity index (χ0n) is 7.54. The lowest BCUT2D eigenvalue weighted by molar-refractivity contribution is -0.605. The van der Waals surface area contributed by atoms with Gasteiger partial charge in [-0.2, -0.15) is 17.9 Å². The smallest absolute Gasteiger partial charge is 0.417 e. The molecule has 0 saturated heterocycles. The SMILES string of the molecule is COC(=O)c1c[n+]([O-])ccc1C(F)(F)F. The summed E-state index contributed by atoms with van der Waals surface area (Å²) in [6, 6.07) is 0.527. The predicted octanol–water partition coefficient (Wildman–Crippen LogP) is 1.13. The first-order valence-electron chi connectivity index (χ1n) is 3.74. The lowest BCUT2D eigenvalue weighted by Crippen LogP contribution is -2.29. The Labute approximate surface area is 82.5 Å². The first kappa shape index (κ1) is 11.3. The second-order valence-corrected chi connectivity index (χ2v) is 2.62. The first-order valence-corrected chi connectivity index (χ1v) is 3.74. The zero-order chi connectivity index (χ0) is 11.6. The van der Waals surface area contributed by atoms with Crippen molar-refractivity contribution >= 4 is 5.97 Å². The van der Waals surface area contributed by atoms with Gasteiger partial charge in [0.1, 0.15) is 5.56 Å². The fourth-order valence-electron chi connectivity index (χ4n) is 0.997. The molecule has 0 atom stereocenters. The number of hydrogen-bond donors (Lipinski definition) is 0. The molecule has 7 heteroatoms. The quantitative estimate of drug-likeness (QED) is 0.405. The Morgan fingerprint density at radius 1 is 1.53 bits per heavy atom. The van der Waals surface area contributed by atoms with Gasteiger partial charge in [-0.1, -0.05) is 0 Å². The van der Waals surface area contributed by atoms with E-state index in [9.17, 15) is 23.2 Å². The molecule has 1 aromatic heterocycles. The Balaban J connectivity index is 3.33. The van der Waals surface area contributed by atoms with Gasteiger partial charge < -0.3 is 9.94 Å². The van der Waals surface area contributed by atoms with Crippen LogP contribution >= 0.6 is 0 Å². The van der Waals surface area contributed by atoms with Gasteiger partial charge in [-0.25, -0.2) is 4.79 Å². The van der Waals surface area contributed by atoms with Crippen LogP contribution in [0.3, 0.4) is 0 Å². The molecule has 0 fully saturated rings. The van der Waals surface area contributed by atoms with Crippen molar-refractivity contribution in [2.75, 3.05) is 7.11 Å². The minimum atomic E-state index is -4.70. The topological polar surface area (TPSA) is 53.2 Å². The van der Waals surface area contributed by atoms with E-state index in [1.807, 2.05) is 0 Å². The number of aromatic nitrogens is 1. The van der Waals surface area contributed by atoms with E-state index < -0.39 is 23.3 Å². The van der Waals surface area contributed by atoms with Crippen LogP contribution in [0.5, 0.6) is 0 Å². The van der Waals surface area contributed by atoms with Gasteiger partial charge in [0.2, 0.25) is 0 Å². The van der Waals surface area contributed by atoms with E-state index >= 15 is 0 Å². The second kappa shape index (κ2) is 3.76. The summed E-state index contributed by atoms with van der Waals surface area (Å²) in [4.78, 5) is 11.0. The summed E-state index contributed by atoms with van der Waals surface area (Å²) in [5.41, 5.74) is -2.00. The zero-order valence-corrected chi connectivity index (χ0v) is 7.54. The van der Waals surface area contributed by atoms with E-state index in [0.29, 0.717) is 18.5 Å². The number of rotatable bonds is 1. The number of nitrogens with zero attached hydrogens (tertiary/aromatic N) is 1. The van der Waals surface area contributed by atoms with E-state index in [2.05, 4.69) is 4.74 Å². The van der Waals surface area contributed by atoms with E-state index in [4.69, 9.17) is 0 Å². The highest BCUT2D eigenvalue weighted by molar-refractivity contribution is 5.90. The van der Waals surface area contributed by atoms with Crippen molar-refractivity contribution in [2.24, 2.45) is 0 Å². The third kappa shape index (κ3) is 2.36. The van der Waals surface area contributed by atoms with Crippen molar-refractivity contribution in [1.29, 1.82) is 0 Å². The average molecular weight is 221 g/mol. The number of alkyl halides is 3. The normalized spacial score (nSPS) is 11.2. The highest BCUT2D eigenvalue weighted by Gasteiger charge is 2.37. The third-order valence-corrected chi connectivity index (χ3v) is 1.65. The molecule has 0 aliphatic heterocycles. The number of methoxy groups -OCH3 is 1. The number of halogens is 3. The van der Waals surface area contributed by atoms with Crippen molar-refractivity contribution in [3.05, 3.63) is 34.8 Å². The van der Waals surface area contributed by atoms with Crippen LogP contribution in [0.15, 0.2) is 18.5 Å². The van der Waals surface area contributed by atoms with Gasteiger partial charge in [0, 0.05) is 6.07 Å².